The zero-order chi connectivity index (χ0) is 15.9. The molecular formula is C19H21N4+. The van der Waals surface area contributed by atoms with Gasteiger partial charge in [-0.25, -0.2) is 9.13 Å². The van der Waals surface area contributed by atoms with Gasteiger partial charge < -0.3 is 0 Å². The van der Waals surface area contributed by atoms with Gasteiger partial charge in [0, 0.05) is 0 Å². The van der Waals surface area contributed by atoms with Gasteiger partial charge in [-0.3, -0.25) is 0 Å². The predicted octanol–water partition coefficient (Wildman–Crippen LogP) is 4.98. The van der Waals surface area contributed by atoms with Gasteiger partial charge in [0.1, 0.15) is 18.1 Å². The highest BCUT2D eigenvalue weighted by Gasteiger charge is 2.05. The first-order valence-corrected chi connectivity index (χ1v) is 7.99. The molecule has 23 heavy (non-hydrogen) atoms. The Morgan fingerprint density at radius 2 is 1.61 bits per heavy atom. The molecule has 0 radical (unpaired) electrons. The summed E-state index contributed by atoms with van der Waals surface area (Å²) < 4.78 is 4.33. The number of unbranched alkanes of at least 4 members (excludes halogenated alkanes) is 1. The lowest BCUT2D eigenvalue weighted by molar-refractivity contribution is -0.696. The first-order valence-electron chi connectivity index (χ1n) is 7.99. The van der Waals surface area contributed by atoms with Crippen molar-refractivity contribution in [3.63, 3.8) is 0 Å². The van der Waals surface area contributed by atoms with Crippen molar-refractivity contribution >= 4 is 11.4 Å². The van der Waals surface area contributed by atoms with Crippen LogP contribution in [0.25, 0.3) is 5.69 Å². The van der Waals surface area contributed by atoms with E-state index < -0.39 is 0 Å². The first-order chi connectivity index (χ1) is 11.3. The number of aryl methyl sites for hydroxylation is 1. The van der Waals surface area contributed by atoms with Crippen molar-refractivity contribution in [3.8, 4) is 5.69 Å². The van der Waals surface area contributed by atoms with Crippen molar-refractivity contribution in [1.82, 2.24) is 4.57 Å². The normalized spacial score (nSPS) is 11.2. The van der Waals surface area contributed by atoms with Crippen LogP contribution < -0.4 is 4.57 Å². The van der Waals surface area contributed by atoms with Crippen LogP contribution >= 0.6 is 0 Å². The smallest absolute Gasteiger partial charge is 0.236 e. The molecule has 2 aromatic carbocycles. The van der Waals surface area contributed by atoms with Gasteiger partial charge in [-0.2, -0.15) is 10.2 Å². The maximum atomic E-state index is 4.27. The van der Waals surface area contributed by atoms with Crippen LogP contribution in [0.1, 0.15) is 19.8 Å². The van der Waals surface area contributed by atoms with Crippen molar-refractivity contribution in [2.75, 3.05) is 0 Å². The van der Waals surface area contributed by atoms with E-state index in [0.717, 1.165) is 23.6 Å². The molecule has 0 N–H and O–H groups in total. The van der Waals surface area contributed by atoms with E-state index in [2.05, 4.69) is 57.1 Å². The van der Waals surface area contributed by atoms with Crippen molar-refractivity contribution in [3.05, 3.63) is 73.3 Å². The molecule has 1 heterocycles. The fourth-order valence-corrected chi connectivity index (χ4v) is 2.32. The summed E-state index contributed by atoms with van der Waals surface area (Å²) >= 11 is 0. The van der Waals surface area contributed by atoms with E-state index >= 15 is 0 Å². The number of imidazole rings is 1. The van der Waals surface area contributed by atoms with Gasteiger partial charge in [0.15, 0.2) is 0 Å². The lowest BCUT2D eigenvalue weighted by Gasteiger charge is -1.97. The second-order valence-corrected chi connectivity index (χ2v) is 5.46. The van der Waals surface area contributed by atoms with Gasteiger partial charge in [-0.1, -0.05) is 31.5 Å². The highest BCUT2D eigenvalue weighted by atomic mass is 15.1. The van der Waals surface area contributed by atoms with E-state index in [4.69, 9.17) is 0 Å². The molecule has 4 nitrogen and oxygen atoms in total. The Bertz CT molecular complexity index is 758. The monoisotopic (exact) mass is 305 g/mol. The van der Waals surface area contributed by atoms with E-state index in [0.29, 0.717) is 0 Å². The van der Waals surface area contributed by atoms with E-state index in [-0.39, 0.29) is 0 Å². The summed E-state index contributed by atoms with van der Waals surface area (Å²) in [4.78, 5) is 0. The standard InChI is InChI=1S/C19H21N4/c1-2-3-13-22-14-15-23(16-22)19-11-9-18(10-12-19)21-20-17-7-5-4-6-8-17/h4-12,14-16H,2-3,13H2,1H3/q+1. The molecule has 4 heteroatoms. The number of rotatable bonds is 6. The van der Waals surface area contributed by atoms with Crippen LogP contribution in [0.5, 0.6) is 0 Å². The Morgan fingerprint density at radius 3 is 2.30 bits per heavy atom. The highest BCUT2D eigenvalue weighted by molar-refractivity contribution is 5.45. The fourth-order valence-electron chi connectivity index (χ4n) is 2.32. The predicted molar refractivity (Wildman–Crippen MR) is 91.5 cm³/mol. The Morgan fingerprint density at radius 1 is 0.913 bits per heavy atom. The molecule has 0 aliphatic carbocycles. The quantitative estimate of drug-likeness (QED) is 0.454. The van der Waals surface area contributed by atoms with Gasteiger partial charge in [-0.05, 0) is 42.8 Å². The topological polar surface area (TPSA) is 33.5 Å². The third kappa shape index (κ3) is 4.13. The molecule has 0 fully saturated rings. The molecule has 0 spiro atoms. The lowest BCUT2D eigenvalue weighted by Crippen LogP contribution is -2.30. The average molecular weight is 305 g/mol. The highest BCUT2D eigenvalue weighted by Crippen LogP contribution is 2.19. The maximum absolute atomic E-state index is 4.27. The van der Waals surface area contributed by atoms with Crippen molar-refractivity contribution in [2.45, 2.75) is 26.3 Å². The molecule has 0 saturated carbocycles. The Labute approximate surface area is 136 Å². The summed E-state index contributed by atoms with van der Waals surface area (Å²) in [5.74, 6) is 0. The van der Waals surface area contributed by atoms with Gasteiger partial charge in [0.05, 0.1) is 17.9 Å². The summed E-state index contributed by atoms with van der Waals surface area (Å²) in [6, 6.07) is 17.8. The summed E-state index contributed by atoms with van der Waals surface area (Å²) in [6.07, 6.45) is 8.72. The van der Waals surface area contributed by atoms with E-state index in [9.17, 15) is 0 Å². The largest absolute Gasteiger partial charge is 0.248 e. The molecule has 0 aliphatic rings. The Hall–Kier alpha value is -2.75. The summed E-state index contributed by atoms with van der Waals surface area (Å²) in [5.41, 5.74) is 2.83. The molecule has 3 rings (SSSR count). The van der Waals surface area contributed by atoms with Gasteiger partial charge in [0.2, 0.25) is 6.33 Å². The zero-order valence-electron chi connectivity index (χ0n) is 13.3. The Balaban J connectivity index is 1.69. The fraction of sp³-hybridized carbons (Fsp3) is 0.211. The summed E-state index contributed by atoms with van der Waals surface area (Å²) in [5, 5.41) is 8.50. The lowest BCUT2D eigenvalue weighted by atomic mass is 10.3. The molecule has 116 valence electrons. The van der Waals surface area contributed by atoms with Crippen LogP contribution in [0.4, 0.5) is 11.4 Å². The van der Waals surface area contributed by atoms with Crippen LogP contribution in [-0.2, 0) is 6.54 Å². The minimum atomic E-state index is 0.851. The number of nitrogens with zero attached hydrogens (tertiary/aromatic N) is 4. The van der Waals surface area contributed by atoms with Gasteiger partial charge in [0.25, 0.3) is 0 Å². The molecule has 1 aromatic heterocycles. The number of azo groups is 1. The van der Waals surface area contributed by atoms with E-state index in [1.54, 1.807) is 0 Å². The van der Waals surface area contributed by atoms with Gasteiger partial charge in [-0.15, -0.1) is 0 Å². The second kappa shape index (κ2) is 7.49. The second-order valence-electron chi connectivity index (χ2n) is 5.46. The molecule has 0 aliphatic heterocycles. The van der Waals surface area contributed by atoms with Crippen molar-refractivity contribution in [1.29, 1.82) is 0 Å². The van der Waals surface area contributed by atoms with Crippen LogP contribution in [-0.4, -0.2) is 4.57 Å². The maximum Gasteiger partial charge on any atom is 0.248 e. The summed E-state index contributed by atoms with van der Waals surface area (Å²) in [6.45, 7) is 3.27. The number of aromatic nitrogens is 2. The number of benzene rings is 2. The van der Waals surface area contributed by atoms with Crippen LogP contribution in [0, 0.1) is 0 Å². The minimum Gasteiger partial charge on any atom is -0.236 e. The van der Waals surface area contributed by atoms with Crippen LogP contribution in [0.2, 0.25) is 0 Å². The Kier molecular flexibility index (Phi) is 4.94. The molecular weight excluding hydrogens is 284 g/mol. The third-order valence-corrected chi connectivity index (χ3v) is 3.65. The van der Waals surface area contributed by atoms with Crippen LogP contribution in [0.15, 0.2) is 83.5 Å². The van der Waals surface area contributed by atoms with Gasteiger partial charge >= 0.3 is 0 Å². The van der Waals surface area contributed by atoms with E-state index in [1.165, 1.54) is 12.8 Å². The zero-order valence-corrected chi connectivity index (χ0v) is 13.3. The van der Waals surface area contributed by atoms with Crippen LogP contribution in [0.3, 0.4) is 0 Å². The molecule has 0 unspecified atom stereocenters. The van der Waals surface area contributed by atoms with Crippen molar-refractivity contribution in [2.24, 2.45) is 10.2 Å². The summed E-state index contributed by atoms with van der Waals surface area (Å²) in [7, 11) is 0. The average Bonchev–Trinajstić information content (AvgIpc) is 3.08. The molecule has 0 bridgehead atoms. The SMILES string of the molecule is CCCC[n+]1ccn(-c2ccc(N=Nc3ccccc3)cc2)c1. The van der Waals surface area contributed by atoms with Crippen molar-refractivity contribution < 1.29 is 4.57 Å². The number of hydrogen-bond donors (Lipinski definition) is 0. The molecule has 0 saturated heterocycles. The minimum absolute atomic E-state index is 0.851. The van der Waals surface area contributed by atoms with E-state index in [1.807, 2.05) is 42.5 Å². The molecule has 3 aromatic rings. The number of hydrogen-bond acceptors (Lipinski definition) is 2. The third-order valence-electron chi connectivity index (χ3n) is 3.65. The molecule has 0 amide bonds. The first kappa shape index (κ1) is 15.2. The molecule has 0 atom stereocenters.